The average molecular weight is 260 g/mol. The Hall–Kier alpha value is 0.310. The molecular formula is C15H33NS. The lowest BCUT2D eigenvalue weighted by Crippen LogP contribution is -2.34. The van der Waals surface area contributed by atoms with Crippen molar-refractivity contribution >= 4 is 11.8 Å². The van der Waals surface area contributed by atoms with Gasteiger partial charge in [0.05, 0.1) is 0 Å². The van der Waals surface area contributed by atoms with E-state index in [2.05, 4.69) is 51.7 Å². The van der Waals surface area contributed by atoms with Crippen LogP contribution in [0.4, 0.5) is 0 Å². The molecule has 2 unspecified atom stereocenters. The average Bonchev–Trinajstić information content (AvgIpc) is 2.37. The fourth-order valence-electron chi connectivity index (χ4n) is 1.98. The van der Waals surface area contributed by atoms with E-state index in [0.29, 0.717) is 0 Å². The van der Waals surface area contributed by atoms with Gasteiger partial charge in [0.15, 0.2) is 0 Å². The Morgan fingerprint density at radius 3 is 2.12 bits per heavy atom. The predicted octanol–water partition coefficient (Wildman–Crippen LogP) is 4.71. The molecule has 17 heavy (non-hydrogen) atoms. The van der Waals surface area contributed by atoms with Gasteiger partial charge in [0.2, 0.25) is 0 Å². The summed E-state index contributed by atoms with van der Waals surface area (Å²) in [6.45, 7) is 12.7. The highest BCUT2D eigenvalue weighted by Crippen LogP contribution is 2.20. The summed E-state index contributed by atoms with van der Waals surface area (Å²) in [4.78, 5) is 0. The topological polar surface area (TPSA) is 12.0 Å². The Morgan fingerprint density at radius 1 is 1.00 bits per heavy atom. The Kier molecular flexibility index (Phi) is 11.6. The van der Waals surface area contributed by atoms with E-state index in [9.17, 15) is 0 Å². The van der Waals surface area contributed by atoms with Gasteiger partial charge < -0.3 is 5.32 Å². The summed E-state index contributed by atoms with van der Waals surface area (Å²) in [5.41, 5.74) is 0. The Labute approximate surface area is 114 Å². The molecule has 0 aliphatic rings. The number of rotatable bonds is 11. The van der Waals surface area contributed by atoms with Crippen LogP contribution in [0.15, 0.2) is 0 Å². The van der Waals surface area contributed by atoms with Crippen molar-refractivity contribution in [3.63, 3.8) is 0 Å². The third-order valence-corrected chi connectivity index (χ3v) is 5.11. The minimum Gasteiger partial charge on any atom is -0.313 e. The van der Waals surface area contributed by atoms with E-state index >= 15 is 0 Å². The van der Waals surface area contributed by atoms with Crippen LogP contribution in [0.2, 0.25) is 0 Å². The molecule has 0 saturated heterocycles. The molecule has 0 spiro atoms. The molecule has 0 aliphatic carbocycles. The van der Waals surface area contributed by atoms with E-state index in [-0.39, 0.29) is 0 Å². The first-order valence-corrected chi connectivity index (χ1v) is 8.57. The summed E-state index contributed by atoms with van der Waals surface area (Å²) in [7, 11) is 0. The molecule has 0 bridgehead atoms. The van der Waals surface area contributed by atoms with E-state index < -0.39 is 0 Å². The highest BCUT2D eigenvalue weighted by molar-refractivity contribution is 7.99. The maximum atomic E-state index is 3.73. The standard InChI is InChI=1S/C15H33NS/c1-6-10-16-15(11-14(8-3)9-4)12-17-13(5)7-2/h13-16H,6-12H2,1-5H3. The fraction of sp³-hybridized carbons (Fsp3) is 1.00. The molecule has 0 heterocycles. The molecule has 0 saturated carbocycles. The van der Waals surface area contributed by atoms with Crippen molar-refractivity contribution in [2.75, 3.05) is 12.3 Å². The highest BCUT2D eigenvalue weighted by Gasteiger charge is 2.14. The van der Waals surface area contributed by atoms with E-state index in [1.165, 1.54) is 44.4 Å². The molecule has 0 aromatic carbocycles. The molecule has 0 amide bonds. The van der Waals surface area contributed by atoms with Gasteiger partial charge in [-0.05, 0) is 31.7 Å². The molecule has 1 N–H and O–H groups in total. The molecule has 0 radical (unpaired) electrons. The predicted molar refractivity (Wildman–Crippen MR) is 83.0 cm³/mol. The third-order valence-electron chi connectivity index (χ3n) is 3.61. The minimum atomic E-state index is 0.721. The van der Waals surface area contributed by atoms with Gasteiger partial charge in [-0.3, -0.25) is 0 Å². The first-order valence-electron chi connectivity index (χ1n) is 7.52. The Bertz CT molecular complexity index is 157. The number of hydrogen-bond donors (Lipinski definition) is 1. The fourth-order valence-corrected chi connectivity index (χ4v) is 3.03. The summed E-state index contributed by atoms with van der Waals surface area (Å²) in [5, 5.41) is 4.54. The maximum Gasteiger partial charge on any atom is 0.0160 e. The molecule has 104 valence electrons. The Morgan fingerprint density at radius 2 is 1.65 bits per heavy atom. The van der Waals surface area contributed by atoms with Gasteiger partial charge in [-0.25, -0.2) is 0 Å². The number of nitrogens with one attached hydrogen (secondary N) is 1. The summed E-state index contributed by atoms with van der Waals surface area (Å²) in [6, 6.07) is 0.721. The van der Waals surface area contributed by atoms with E-state index in [1.807, 2.05) is 0 Å². The van der Waals surface area contributed by atoms with Crippen molar-refractivity contribution < 1.29 is 0 Å². The van der Waals surface area contributed by atoms with Gasteiger partial charge in [-0.1, -0.05) is 47.5 Å². The van der Waals surface area contributed by atoms with E-state index in [0.717, 1.165) is 17.2 Å². The first kappa shape index (κ1) is 17.3. The van der Waals surface area contributed by atoms with Gasteiger partial charge in [-0.15, -0.1) is 0 Å². The molecule has 2 atom stereocenters. The highest BCUT2D eigenvalue weighted by atomic mass is 32.2. The largest absolute Gasteiger partial charge is 0.313 e. The van der Waals surface area contributed by atoms with Gasteiger partial charge in [-0.2, -0.15) is 11.8 Å². The second kappa shape index (κ2) is 11.4. The second-order valence-corrected chi connectivity index (χ2v) is 6.59. The SMILES string of the molecule is CCCNC(CSC(C)CC)CC(CC)CC. The van der Waals surface area contributed by atoms with Crippen molar-refractivity contribution in [1.29, 1.82) is 0 Å². The lowest BCUT2D eigenvalue weighted by atomic mass is 9.95. The van der Waals surface area contributed by atoms with Crippen molar-refractivity contribution in [3.8, 4) is 0 Å². The molecule has 1 nitrogen and oxygen atoms in total. The smallest absolute Gasteiger partial charge is 0.0160 e. The minimum absolute atomic E-state index is 0.721. The molecular weight excluding hydrogens is 226 g/mol. The summed E-state index contributed by atoms with van der Waals surface area (Å²) < 4.78 is 0. The van der Waals surface area contributed by atoms with Gasteiger partial charge >= 0.3 is 0 Å². The van der Waals surface area contributed by atoms with Crippen molar-refractivity contribution in [1.82, 2.24) is 5.32 Å². The van der Waals surface area contributed by atoms with Crippen LogP contribution < -0.4 is 5.32 Å². The van der Waals surface area contributed by atoms with Crippen molar-refractivity contribution in [2.24, 2.45) is 5.92 Å². The number of hydrogen-bond acceptors (Lipinski definition) is 2. The van der Waals surface area contributed by atoms with Crippen LogP contribution in [0.1, 0.15) is 66.7 Å². The molecule has 2 heteroatoms. The third kappa shape index (κ3) is 8.96. The van der Waals surface area contributed by atoms with Crippen LogP contribution in [-0.2, 0) is 0 Å². The van der Waals surface area contributed by atoms with Gasteiger partial charge in [0.1, 0.15) is 0 Å². The van der Waals surface area contributed by atoms with Crippen molar-refractivity contribution in [3.05, 3.63) is 0 Å². The molecule has 0 rings (SSSR count). The van der Waals surface area contributed by atoms with Gasteiger partial charge in [0, 0.05) is 17.0 Å². The zero-order valence-electron chi connectivity index (χ0n) is 12.6. The van der Waals surface area contributed by atoms with Gasteiger partial charge in [0.25, 0.3) is 0 Å². The Balaban J connectivity index is 4.02. The quantitative estimate of drug-likeness (QED) is 0.576. The van der Waals surface area contributed by atoms with Crippen LogP contribution in [-0.4, -0.2) is 23.6 Å². The normalized spacial score (nSPS) is 15.2. The van der Waals surface area contributed by atoms with E-state index in [1.54, 1.807) is 0 Å². The molecule has 0 fully saturated rings. The maximum absolute atomic E-state index is 3.73. The van der Waals surface area contributed by atoms with Crippen LogP contribution in [0.3, 0.4) is 0 Å². The molecule has 0 aromatic heterocycles. The zero-order valence-corrected chi connectivity index (χ0v) is 13.4. The second-order valence-electron chi connectivity index (χ2n) is 5.12. The van der Waals surface area contributed by atoms with Crippen LogP contribution >= 0.6 is 11.8 Å². The lowest BCUT2D eigenvalue weighted by Gasteiger charge is -2.24. The van der Waals surface area contributed by atoms with Crippen LogP contribution in [0.25, 0.3) is 0 Å². The summed E-state index contributed by atoms with van der Waals surface area (Å²) in [6.07, 6.45) is 6.55. The monoisotopic (exact) mass is 259 g/mol. The summed E-state index contributed by atoms with van der Waals surface area (Å²) in [5.74, 6) is 2.19. The molecule has 0 aromatic rings. The first-order chi connectivity index (χ1) is 8.17. The number of thioether (sulfide) groups is 1. The van der Waals surface area contributed by atoms with E-state index in [4.69, 9.17) is 0 Å². The van der Waals surface area contributed by atoms with Crippen LogP contribution in [0.5, 0.6) is 0 Å². The summed E-state index contributed by atoms with van der Waals surface area (Å²) >= 11 is 2.14. The van der Waals surface area contributed by atoms with Crippen molar-refractivity contribution in [2.45, 2.75) is 78.0 Å². The zero-order chi connectivity index (χ0) is 13.1. The lowest BCUT2D eigenvalue weighted by molar-refractivity contribution is 0.384. The van der Waals surface area contributed by atoms with Crippen LogP contribution in [0, 0.1) is 5.92 Å². The molecule has 0 aliphatic heterocycles.